The SMILES string of the molecule is COc1ccc(NC(=O)Cc2csc(Cc3cccc(Cl)c3)n2)cc1OC(F)F. The molecule has 5 nitrogen and oxygen atoms in total. The van der Waals surface area contributed by atoms with Crippen molar-refractivity contribution in [2.24, 2.45) is 0 Å². The molecule has 0 aliphatic rings. The summed E-state index contributed by atoms with van der Waals surface area (Å²) in [4.78, 5) is 16.8. The molecule has 1 amide bonds. The van der Waals surface area contributed by atoms with Crippen LogP contribution in [0.5, 0.6) is 11.5 Å². The summed E-state index contributed by atoms with van der Waals surface area (Å²) in [6, 6.07) is 11.8. The van der Waals surface area contributed by atoms with E-state index < -0.39 is 6.61 Å². The molecule has 1 heterocycles. The zero-order valence-electron chi connectivity index (χ0n) is 15.3. The summed E-state index contributed by atoms with van der Waals surface area (Å²) in [6.07, 6.45) is 0.683. The maximum absolute atomic E-state index is 12.5. The molecule has 0 atom stereocenters. The van der Waals surface area contributed by atoms with E-state index in [1.54, 1.807) is 12.1 Å². The highest BCUT2D eigenvalue weighted by molar-refractivity contribution is 7.09. The van der Waals surface area contributed by atoms with Gasteiger partial charge in [0.2, 0.25) is 5.91 Å². The molecular formula is C20H17ClF2N2O3S. The van der Waals surface area contributed by atoms with Crippen LogP contribution < -0.4 is 14.8 Å². The molecular weight excluding hydrogens is 422 g/mol. The van der Waals surface area contributed by atoms with Crippen LogP contribution in [-0.4, -0.2) is 24.6 Å². The number of halogens is 3. The number of hydrogen-bond donors (Lipinski definition) is 1. The predicted octanol–water partition coefficient (Wildman–Crippen LogP) is 5.18. The van der Waals surface area contributed by atoms with Crippen LogP contribution in [0.4, 0.5) is 14.5 Å². The first-order chi connectivity index (χ1) is 13.9. The molecule has 0 saturated heterocycles. The van der Waals surface area contributed by atoms with Crippen LogP contribution in [0.1, 0.15) is 16.3 Å². The predicted molar refractivity (Wildman–Crippen MR) is 108 cm³/mol. The second-order valence-corrected chi connectivity index (χ2v) is 7.39. The van der Waals surface area contributed by atoms with Crippen molar-refractivity contribution < 1.29 is 23.0 Å². The van der Waals surface area contributed by atoms with Gasteiger partial charge >= 0.3 is 6.61 Å². The van der Waals surface area contributed by atoms with Crippen molar-refractivity contribution in [3.63, 3.8) is 0 Å². The Balaban J connectivity index is 1.62. The topological polar surface area (TPSA) is 60.5 Å². The van der Waals surface area contributed by atoms with E-state index in [0.717, 1.165) is 10.6 Å². The monoisotopic (exact) mass is 438 g/mol. The number of anilines is 1. The normalized spacial score (nSPS) is 10.8. The lowest BCUT2D eigenvalue weighted by Crippen LogP contribution is -2.15. The van der Waals surface area contributed by atoms with E-state index in [1.807, 2.05) is 23.6 Å². The van der Waals surface area contributed by atoms with Gasteiger partial charge in [-0.25, -0.2) is 4.98 Å². The Morgan fingerprint density at radius 1 is 1.24 bits per heavy atom. The number of rotatable bonds is 8. The average molecular weight is 439 g/mol. The Labute approximate surface area is 175 Å². The molecule has 0 fully saturated rings. The fraction of sp³-hybridized carbons (Fsp3) is 0.200. The number of ether oxygens (including phenoxy) is 2. The van der Waals surface area contributed by atoms with Crippen molar-refractivity contribution in [2.75, 3.05) is 12.4 Å². The van der Waals surface area contributed by atoms with Crippen LogP contribution in [0.2, 0.25) is 5.02 Å². The third-order valence-corrected chi connectivity index (χ3v) is 4.98. The highest BCUT2D eigenvalue weighted by Crippen LogP contribution is 2.31. The van der Waals surface area contributed by atoms with Crippen LogP contribution in [0.25, 0.3) is 0 Å². The van der Waals surface area contributed by atoms with Gasteiger partial charge in [-0.1, -0.05) is 23.7 Å². The van der Waals surface area contributed by atoms with Crippen LogP contribution in [0.3, 0.4) is 0 Å². The Bertz CT molecular complexity index is 997. The van der Waals surface area contributed by atoms with E-state index in [9.17, 15) is 13.6 Å². The first kappa shape index (κ1) is 21.0. The number of carbonyl (C=O) groups is 1. The number of benzene rings is 2. The van der Waals surface area contributed by atoms with Gasteiger partial charge in [-0.3, -0.25) is 4.79 Å². The van der Waals surface area contributed by atoms with E-state index in [-0.39, 0.29) is 23.8 Å². The zero-order valence-corrected chi connectivity index (χ0v) is 16.9. The summed E-state index contributed by atoms with van der Waals surface area (Å²) in [5.41, 5.74) is 1.98. The molecule has 0 radical (unpaired) electrons. The van der Waals surface area contributed by atoms with Gasteiger partial charge in [0.1, 0.15) is 0 Å². The lowest BCUT2D eigenvalue weighted by molar-refractivity contribution is -0.115. The van der Waals surface area contributed by atoms with Crippen molar-refractivity contribution in [3.05, 3.63) is 69.1 Å². The summed E-state index contributed by atoms with van der Waals surface area (Å²) < 4.78 is 34.4. The molecule has 2 aromatic carbocycles. The number of methoxy groups -OCH3 is 1. The third kappa shape index (κ3) is 6.13. The Hall–Kier alpha value is -2.71. The van der Waals surface area contributed by atoms with Crippen molar-refractivity contribution >= 4 is 34.5 Å². The zero-order chi connectivity index (χ0) is 20.8. The molecule has 1 aromatic heterocycles. The fourth-order valence-corrected chi connectivity index (χ4v) is 3.69. The molecule has 3 rings (SSSR count). The molecule has 9 heteroatoms. The quantitative estimate of drug-likeness (QED) is 0.526. The summed E-state index contributed by atoms with van der Waals surface area (Å²) in [5.74, 6) is -0.330. The number of nitrogens with zero attached hydrogens (tertiary/aromatic N) is 1. The van der Waals surface area contributed by atoms with Gasteiger partial charge in [-0.15, -0.1) is 11.3 Å². The second kappa shape index (κ2) is 9.67. The van der Waals surface area contributed by atoms with Crippen LogP contribution >= 0.6 is 22.9 Å². The molecule has 0 spiro atoms. The number of thiazole rings is 1. The molecule has 1 N–H and O–H groups in total. The highest BCUT2D eigenvalue weighted by atomic mass is 35.5. The standard InChI is InChI=1S/C20H17ClF2N2O3S/c1-27-16-6-5-14(9-17(16)28-20(22)23)24-18(26)10-15-11-29-19(25-15)8-12-3-2-4-13(21)7-12/h2-7,9,11,20H,8,10H2,1H3,(H,24,26). The van der Waals surface area contributed by atoms with Crippen LogP contribution in [0.15, 0.2) is 47.8 Å². The summed E-state index contributed by atoms with van der Waals surface area (Å²) in [7, 11) is 1.34. The Morgan fingerprint density at radius 2 is 2.07 bits per heavy atom. The largest absolute Gasteiger partial charge is 0.493 e. The molecule has 0 bridgehead atoms. The maximum Gasteiger partial charge on any atom is 0.387 e. The minimum absolute atomic E-state index is 0.0586. The Morgan fingerprint density at radius 3 is 2.79 bits per heavy atom. The van der Waals surface area contributed by atoms with Gasteiger partial charge < -0.3 is 14.8 Å². The lowest BCUT2D eigenvalue weighted by Gasteiger charge is -2.12. The molecule has 0 aliphatic carbocycles. The number of aromatic nitrogens is 1. The minimum Gasteiger partial charge on any atom is -0.493 e. The summed E-state index contributed by atoms with van der Waals surface area (Å²) >= 11 is 7.45. The number of carbonyl (C=O) groups excluding carboxylic acids is 1. The first-order valence-electron chi connectivity index (χ1n) is 8.53. The van der Waals surface area contributed by atoms with Gasteiger partial charge in [0, 0.05) is 28.6 Å². The average Bonchev–Trinajstić information content (AvgIpc) is 3.08. The molecule has 0 unspecified atom stereocenters. The number of alkyl halides is 2. The molecule has 29 heavy (non-hydrogen) atoms. The minimum atomic E-state index is -3.00. The molecule has 152 valence electrons. The third-order valence-electron chi connectivity index (χ3n) is 3.85. The molecule has 0 saturated carbocycles. The van der Waals surface area contributed by atoms with E-state index in [0.29, 0.717) is 22.8 Å². The van der Waals surface area contributed by atoms with Crippen molar-refractivity contribution in [1.29, 1.82) is 0 Å². The maximum atomic E-state index is 12.5. The Kier molecular flexibility index (Phi) is 7.00. The van der Waals surface area contributed by atoms with E-state index in [1.165, 1.54) is 30.6 Å². The van der Waals surface area contributed by atoms with Gasteiger partial charge in [-0.05, 0) is 29.8 Å². The summed E-state index contributed by atoms with van der Waals surface area (Å²) in [5, 5.41) is 6.00. The van der Waals surface area contributed by atoms with Crippen molar-refractivity contribution in [3.8, 4) is 11.5 Å². The van der Waals surface area contributed by atoms with Crippen LogP contribution in [0, 0.1) is 0 Å². The highest BCUT2D eigenvalue weighted by Gasteiger charge is 2.14. The summed E-state index contributed by atoms with van der Waals surface area (Å²) in [6.45, 7) is -3.00. The van der Waals surface area contributed by atoms with Gasteiger partial charge in [-0.2, -0.15) is 8.78 Å². The number of amides is 1. The second-order valence-electron chi connectivity index (χ2n) is 6.01. The van der Waals surface area contributed by atoms with Gasteiger partial charge in [0.15, 0.2) is 11.5 Å². The smallest absolute Gasteiger partial charge is 0.387 e. The van der Waals surface area contributed by atoms with E-state index in [2.05, 4.69) is 15.0 Å². The first-order valence-corrected chi connectivity index (χ1v) is 9.79. The number of nitrogens with one attached hydrogen (secondary N) is 1. The molecule has 0 aliphatic heterocycles. The van der Waals surface area contributed by atoms with Crippen molar-refractivity contribution in [1.82, 2.24) is 4.98 Å². The lowest BCUT2D eigenvalue weighted by atomic mass is 10.2. The van der Waals surface area contributed by atoms with E-state index in [4.69, 9.17) is 16.3 Å². The van der Waals surface area contributed by atoms with Gasteiger partial charge in [0.05, 0.1) is 24.2 Å². The van der Waals surface area contributed by atoms with Gasteiger partial charge in [0.25, 0.3) is 0 Å². The fourth-order valence-electron chi connectivity index (χ4n) is 2.65. The van der Waals surface area contributed by atoms with Crippen LogP contribution in [-0.2, 0) is 17.6 Å². The van der Waals surface area contributed by atoms with Crippen molar-refractivity contribution in [2.45, 2.75) is 19.5 Å². The molecule has 3 aromatic rings. The number of hydrogen-bond acceptors (Lipinski definition) is 5. The van der Waals surface area contributed by atoms with E-state index >= 15 is 0 Å².